The van der Waals surface area contributed by atoms with Gasteiger partial charge in [-0.3, -0.25) is 9.59 Å². The average Bonchev–Trinajstić information content (AvgIpc) is 2.87. The van der Waals surface area contributed by atoms with Crippen LogP contribution in [-0.2, 0) is 11.3 Å². The molecule has 0 saturated heterocycles. The highest BCUT2D eigenvalue weighted by Crippen LogP contribution is 2.27. The Hall–Kier alpha value is -3.06. The first-order chi connectivity index (χ1) is 16.1. The predicted octanol–water partition coefficient (Wildman–Crippen LogP) is 3.45. The van der Waals surface area contributed by atoms with Crippen molar-refractivity contribution in [3.63, 3.8) is 0 Å². The predicted molar refractivity (Wildman–Crippen MR) is 131 cm³/mol. The Kier molecular flexibility index (Phi) is 9.57. The summed E-state index contributed by atoms with van der Waals surface area (Å²) in [5, 5.41) is 9.24. The van der Waals surface area contributed by atoms with Crippen LogP contribution < -0.4 is 26.4 Å². The Labute approximate surface area is 196 Å². The second-order valence-corrected chi connectivity index (χ2v) is 8.62. The number of amides is 2. The molecule has 0 spiro atoms. The van der Waals surface area contributed by atoms with Crippen molar-refractivity contribution in [2.75, 3.05) is 25.5 Å². The number of rotatable bonds is 11. The van der Waals surface area contributed by atoms with Crippen LogP contribution in [0.5, 0.6) is 5.75 Å². The van der Waals surface area contributed by atoms with Gasteiger partial charge in [-0.2, -0.15) is 0 Å². The topological polar surface area (TPSA) is 105 Å². The van der Waals surface area contributed by atoms with Crippen molar-refractivity contribution in [2.24, 2.45) is 11.7 Å². The monoisotopic (exact) mass is 452 g/mol. The zero-order valence-corrected chi connectivity index (χ0v) is 19.4. The minimum atomic E-state index is -0.553. The Morgan fingerprint density at radius 2 is 1.82 bits per heavy atom. The summed E-state index contributed by atoms with van der Waals surface area (Å²) >= 11 is 0. The van der Waals surface area contributed by atoms with Crippen molar-refractivity contribution in [1.82, 2.24) is 10.6 Å². The van der Waals surface area contributed by atoms with Crippen LogP contribution in [0.3, 0.4) is 0 Å². The van der Waals surface area contributed by atoms with E-state index < -0.39 is 6.04 Å². The molecule has 7 nitrogen and oxygen atoms in total. The van der Waals surface area contributed by atoms with Crippen LogP contribution in [0.2, 0.25) is 0 Å². The normalized spacial score (nSPS) is 14.8. The molecule has 1 saturated carbocycles. The molecule has 3 rings (SSSR count). The molecule has 1 atom stereocenters. The molecule has 1 aliphatic carbocycles. The lowest BCUT2D eigenvalue weighted by molar-refractivity contribution is -0.123. The van der Waals surface area contributed by atoms with E-state index in [2.05, 4.69) is 16.0 Å². The van der Waals surface area contributed by atoms with Gasteiger partial charge in [-0.25, -0.2) is 0 Å². The molecule has 1 unspecified atom stereocenters. The summed E-state index contributed by atoms with van der Waals surface area (Å²) in [5.41, 5.74) is 8.08. The van der Waals surface area contributed by atoms with Crippen molar-refractivity contribution in [1.29, 1.82) is 0 Å². The number of hydrogen-bond acceptors (Lipinski definition) is 5. The lowest BCUT2D eigenvalue weighted by atomic mass is 9.84. The van der Waals surface area contributed by atoms with Crippen LogP contribution in [0.25, 0.3) is 0 Å². The van der Waals surface area contributed by atoms with Gasteiger partial charge in [0.05, 0.1) is 7.11 Å². The Balaban J connectivity index is 1.55. The van der Waals surface area contributed by atoms with Crippen LogP contribution >= 0.6 is 0 Å². The van der Waals surface area contributed by atoms with Crippen LogP contribution in [0.1, 0.15) is 54.4 Å². The van der Waals surface area contributed by atoms with E-state index in [0.29, 0.717) is 37.5 Å². The SMILES string of the molecule is COc1ccc(NCCNC(=O)C(CC2CCCCC2)NC(=O)c2cccc(CN)c2)cc1. The number of carbonyl (C=O) groups is 2. The number of anilines is 1. The molecular formula is C26H36N4O3. The number of benzene rings is 2. The van der Waals surface area contributed by atoms with Crippen LogP contribution in [0, 0.1) is 5.92 Å². The Morgan fingerprint density at radius 3 is 2.52 bits per heavy atom. The van der Waals surface area contributed by atoms with Crippen LogP contribution in [-0.4, -0.2) is 38.1 Å². The van der Waals surface area contributed by atoms with Crippen LogP contribution in [0.15, 0.2) is 48.5 Å². The van der Waals surface area contributed by atoms with Gasteiger partial charge >= 0.3 is 0 Å². The van der Waals surface area contributed by atoms with E-state index in [1.165, 1.54) is 19.3 Å². The smallest absolute Gasteiger partial charge is 0.251 e. The van der Waals surface area contributed by atoms with E-state index in [-0.39, 0.29) is 11.8 Å². The second-order valence-electron chi connectivity index (χ2n) is 8.62. The maximum absolute atomic E-state index is 13.0. The molecule has 2 amide bonds. The Bertz CT molecular complexity index is 895. The van der Waals surface area contributed by atoms with Gasteiger partial charge in [-0.15, -0.1) is 0 Å². The van der Waals surface area contributed by atoms with Gasteiger partial charge in [-0.1, -0.05) is 44.2 Å². The summed E-state index contributed by atoms with van der Waals surface area (Å²) in [7, 11) is 1.63. The van der Waals surface area contributed by atoms with Crippen molar-refractivity contribution < 1.29 is 14.3 Å². The summed E-state index contributed by atoms with van der Waals surface area (Å²) in [4.78, 5) is 25.9. The minimum absolute atomic E-state index is 0.138. The molecule has 33 heavy (non-hydrogen) atoms. The van der Waals surface area contributed by atoms with Gasteiger partial charge in [0.25, 0.3) is 5.91 Å². The van der Waals surface area contributed by atoms with Crippen molar-refractivity contribution in [3.05, 3.63) is 59.7 Å². The molecule has 1 fully saturated rings. The fraction of sp³-hybridized carbons (Fsp3) is 0.462. The van der Waals surface area contributed by atoms with Crippen molar-refractivity contribution in [3.8, 4) is 5.75 Å². The highest BCUT2D eigenvalue weighted by molar-refractivity contribution is 5.97. The number of carbonyl (C=O) groups excluding carboxylic acids is 2. The highest BCUT2D eigenvalue weighted by atomic mass is 16.5. The van der Waals surface area contributed by atoms with Gasteiger partial charge in [-0.05, 0) is 54.3 Å². The van der Waals surface area contributed by atoms with Crippen molar-refractivity contribution in [2.45, 2.75) is 51.1 Å². The van der Waals surface area contributed by atoms with E-state index in [4.69, 9.17) is 10.5 Å². The molecule has 0 radical (unpaired) electrons. The van der Waals surface area contributed by atoms with Crippen molar-refractivity contribution >= 4 is 17.5 Å². The number of ether oxygens (including phenoxy) is 1. The number of nitrogens with two attached hydrogens (primary N) is 1. The molecule has 0 aromatic heterocycles. The van der Waals surface area contributed by atoms with Gasteiger partial charge in [0.2, 0.25) is 5.91 Å². The molecule has 2 aromatic rings. The van der Waals surface area contributed by atoms with E-state index in [9.17, 15) is 9.59 Å². The first kappa shape index (κ1) is 24.6. The third-order valence-electron chi connectivity index (χ3n) is 6.18. The van der Waals surface area contributed by atoms with E-state index in [1.807, 2.05) is 36.4 Å². The molecule has 0 bridgehead atoms. The molecule has 1 aliphatic rings. The number of methoxy groups -OCH3 is 1. The summed E-state index contributed by atoms with van der Waals surface area (Å²) in [6, 6.07) is 14.3. The third-order valence-corrected chi connectivity index (χ3v) is 6.18. The summed E-state index contributed by atoms with van der Waals surface area (Å²) < 4.78 is 5.17. The summed E-state index contributed by atoms with van der Waals surface area (Å²) in [6.45, 7) is 1.42. The fourth-order valence-corrected chi connectivity index (χ4v) is 4.29. The zero-order chi connectivity index (χ0) is 23.5. The van der Waals surface area contributed by atoms with Gasteiger partial charge in [0.15, 0.2) is 0 Å². The zero-order valence-electron chi connectivity index (χ0n) is 19.4. The van der Waals surface area contributed by atoms with E-state index in [1.54, 1.807) is 19.2 Å². The largest absolute Gasteiger partial charge is 0.497 e. The molecule has 0 heterocycles. The summed E-state index contributed by atoms with van der Waals surface area (Å²) in [6.07, 6.45) is 6.53. The first-order valence-electron chi connectivity index (χ1n) is 11.8. The minimum Gasteiger partial charge on any atom is -0.497 e. The lowest BCUT2D eigenvalue weighted by Gasteiger charge is -2.26. The number of nitrogens with one attached hydrogen (secondary N) is 3. The second kappa shape index (κ2) is 12.8. The van der Waals surface area contributed by atoms with E-state index >= 15 is 0 Å². The Morgan fingerprint density at radius 1 is 1.06 bits per heavy atom. The molecule has 7 heteroatoms. The summed E-state index contributed by atoms with van der Waals surface area (Å²) in [5.74, 6) is 0.882. The maximum Gasteiger partial charge on any atom is 0.251 e. The molecule has 178 valence electrons. The van der Waals surface area contributed by atoms with Crippen LogP contribution in [0.4, 0.5) is 5.69 Å². The molecule has 5 N–H and O–H groups in total. The lowest BCUT2D eigenvalue weighted by Crippen LogP contribution is -2.48. The highest BCUT2D eigenvalue weighted by Gasteiger charge is 2.26. The number of hydrogen-bond donors (Lipinski definition) is 4. The third kappa shape index (κ3) is 7.79. The first-order valence-corrected chi connectivity index (χ1v) is 11.8. The van der Waals surface area contributed by atoms with E-state index in [0.717, 1.165) is 29.8 Å². The van der Waals surface area contributed by atoms with Gasteiger partial charge in [0, 0.05) is 30.9 Å². The standard InChI is InChI=1S/C26H36N4O3/c1-33-23-12-10-22(11-13-23)28-14-15-29-26(32)24(17-19-6-3-2-4-7-19)30-25(31)21-9-5-8-20(16-21)18-27/h5,8-13,16,19,24,28H,2-4,6-7,14-15,17-18,27H2,1H3,(H,29,32)(H,30,31). The molecule has 2 aromatic carbocycles. The van der Waals surface area contributed by atoms with Gasteiger partial charge in [0.1, 0.15) is 11.8 Å². The fourth-order valence-electron chi connectivity index (χ4n) is 4.29. The van der Waals surface area contributed by atoms with Gasteiger partial charge < -0.3 is 26.4 Å². The average molecular weight is 453 g/mol. The molecular weight excluding hydrogens is 416 g/mol. The maximum atomic E-state index is 13.0. The quantitative estimate of drug-likeness (QED) is 0.391. The molecule has 0 aliphatic heterocycles.